The molecule has 0 saturated carbocycles. The number of methoxy groups -OCH3 is 1. The van der Waals surface area contributed by atoms with E-state index in [-0.39, 0.29) is 0 Å². The second-order valence-electron chi connectivity index (χ2n) is 5.55. The highest BCUT2D eigenvalue weighted by Gasteiger charge is 2.17. The van der Waals surface area contributed by atoms with Gasteiger partial charge in [-0.3, -0.25) is 0 Å². The van der Waals surface area contributed by atoms with E-state index < -0.39 is 0 Å². The van der Waals surface area contributed by atoms with Gasteiger partial charge in [-0.1, -0.05) is 17.3 Å². The van der Waals surface area contributed by atoms with Crippen LogP contribution in [0.15, 0.2) is 28.8 Å². The van der Waals surface area contributed by atoms with Crippen LogP contribution in [0.25, 0.3) is 0 Å². The summed E-state index contributed by atoms with van der Waals surface area (Å²) in [6, 6.07) is 7.95. The van der Waals surface area contributed by atoms with Crippen molar-refractivity contribution in [2.24, 2.45) is 5.92 Å². The van der Waals surface area contributed by atoms with Gasteiger partial charge < -0.3 is 14.6 Å². The number of benzene rings is 1. The zero-order valence-corrected chi connectivity index (χ0v) is 12.3. The molecule has 0 radical (unpaired) electrons. The molecule has 2 aromatic rings. The number of ether oxygens (including phenoxy) is 1. The number of hydrogen-bond acceptors (Lipinski definition) is 5. The van der Waals surface area contributed by atoms with Gasteiger partial charge in [0.2, 0.25) is 5.89 Å². The highest BCUT2D eigenvalue weighted by atomic mass is 16.5. The fourth-order valence-electron chi connectivity index (χ4n) is 2.72. The smallest absolute Gasteiger partial charge is 0.226 e. The standard InChI is InChI=1S/C16H21N3O2/c1-20-14-6-4-12(5-7-14)9-15-18-16(21-19-15)10-13-3-2-8-17-11-13/h4-7,13,17H,2-3,8-11H2,1H3. The molecule has 0 amide bonds. The molecule has 1 aliphatic heterocycles. The van der Waals surface area contributed by atoms with E-state index >= 15 is 0 Å². The first-order chi connectivity index (χ1) is 10.3. The van der Waals surface area contributed by atoms with Crippen LogP contribution in [0.3, 0.4) is 0 Å². The molecule has 1 N–H and O–H groups in total. The predicted molar refractivity (Wildman–Crippen MR) is 79.4 cm³/mol. The molecule has 1 fully saturated rings. The fraction of sp³-hybridized carbons (Fsp3) is 0.500. The average Bonchev–Trinajstić information content (AvgIpc) is 2.96. The Morgan fingerprint density at radius 2 is 2.19 bits per heavy atom. The molecular formula is C16H21N3O2. The third-order valence-corrected chi connectivity index (χ3v) is 3.89. The molecule has 5 nitrogen and oxygen atoms in total. The highest BCUT2D eigenvalue weighted by Crippen LogP contribution is 2.17. The number of hydrogen-bond donors (Lipinski definition) is 1. The van der Waals surface area contributed by atoms with Crippen LogP contribution < -0.4 is 10.1 Å². The zero-order valence-electron chi connectivity index (χ0n) is 12.3. The molecule has 1 aromatic heterocycles. The molecule has 0 aliphatic carbocycles. The molecule has 1 unspecified atom stereocenters. The van der Waals surface area contributed by atoms with Crippen molar-refractivity contribution in [2.75, 3.05) is 20.2 Å². The molecule has 1 aromatic carbocycles. The number of nitrogens with zero attached hydrogens (tertiary/aromatic N) is 2. The molecule has 0 bridgehead atoms. The summed E-state index contributed by atoms with van der Waals surface area (Å²) in [5, 5.41) is 7.49. The third-order valence-electron chi connectivity index (χ3n) is 3.89. The van der Waals surface area contributed by atoms with E-state index in [0.29, 0.717) is 12.3 Å². The van der Waals surface area contributed by atoms with Crippen LogP contribution in [0.5, 0.6) is 5.75 Å². The maximum absolute atomic E-state index is 5.37. The Kier molecular flexibility index (Phi) is 4.50. The van der Waals surface area contributed by atoms with Crippen LogP contribution in [-0.2, 0) is 12.8 Å². The molecule has 21 heavy (non-hydrogen) atoms. The van der Waals surface area contributed by atoms with Gasteiger partial charge in [0.05, 0.1) is 7.11 Å². The van der Waals surface area contributed by atoms with E-state index in [2.05, 4.69) is 15.5 Å². The van der Waals surface area contributed by atoms with Crippen LogP contribution >= 0.6 is 0 Å². The maximum Gasteiger partial charge on any atom is 0.226 e. The fourth-order valence-corrected chi connectivity index (χ4v) is 2.72. The van der Waals surface area contributed by atoms with Crippen molar-refractivity contribution in [1.82, 2.24) is 15.5 Å². The molecule has 0 spiro atoms. The van der Waals surface area contributed by atoms with Crippen molar-refractivity contribution in [1.29, 1.82) is 0 Å². The van der Waals surface area contributed by atoms with Gasteiger partial charge in [-0.05, 0) is 49.5 Å². The van der Waals surface area contributed by atoms with E-state index in [1.807, 2.05) is 24.3 Å². The topological polar surface area (TPSA) is 60.2 Å². The van der Waals surface area contributed by atoms with Gasteiger partial charge in [-0.25, -0.2) is 0 Å². The largest absolute Gasteiger partial charge is 0.497 e. The minimum absolute atomic E-state index is 0.619. The number of piperidine rings is 1. The van der Waals surface area contributed by atoms with Crippen LogP contribution in [0.1, 0.15) is 30.1 Å². The summed E-state index contributed by atoms with van der Waals surface area (Å²) in [4.78, 5) is 4.51. The lowest BCUT2D eigenvalue weighted by atomic mass is 9.96. The van der Waals surface area contributed by atoms with Crippen LogP contribution in [0.4, 0.5) is 0 Å². The predicted octanol–water partition coefficient (Wildman–Crippen LogP) is 2.21. The summed E-state index contributed by atoms with van der Waals surface area (Å²) in [6.45, 7) is 2.18. The van der Waals surface area contributed by atoms with Gasteiger partial charge in [0.15, 0.2) is 5.82 Å². The van der Waals surface area contributed by atoms with Crippen molar-refractivity contribution >= 4 is 0 Å². The number of nitrogens with one attached hydrogen (secondary N) is 1. The minimum atomic E-state index is 0.619. The summed E-state index contributed by atoms with van der Waals surface area (Å²) in [7, 11) is 1.67. The van der Waals surface area contributed by atoms with Gasteiger partial charge in [-0.2, -0.15) is 4.98 Å². The molecule has 1 aliphatic rings. The number of rotatable bonds is 5. The Balaban J connectivity index is 1.58. The van der Waals surface area contributed by atoms with Crippen LogP contribution in [0.2, 0.25) is 0 Å². The molecular weight excluding hydrogens is 266 g/mol. The van der Waals surface area contributed by atoms with Gasteiger partial charge in [0.25, 0.3) is 0 Å². The van der Waals surface area contributed by atoms with E-state index in [0.717, 1.165) is 42.5 Å². The molecule has 5 heteroatoms. The van der Waals surface area contributed by atoms with E-state index in [1.54, 1.807) is 7.11 Å². The summed E-state index contributed by atoms with van der Waals surface area (Å²) < 4.78 is 10.5. The van der Waals surface area contributed by atoms with Crippen molar-refractivity contribution in [3.63, 3.8) is 0 Å². The second-order valence-corrected chi connectivity index (χ2v) is 5.55. The minimum Gasteiger partial charge on any atom is -0.497 e. The Bertz CT molecular complexity index is 559. The second kappa shape index (κ2) is 6.72. The van der Waals surface area contributed by atoms with E-state index in [9.17, 15) is 0 Å². The van der Waals surface area contributed by atoms with Crippen molar-refractivity contribution < 1.29 is 9.26 Å². The van der Waals surface area contributed by atoms with Gasteiger partial charge >= 0.3 is 0 Å². The molecule has 3 rings (SSSR count). The quantitative estimate of drug-likeness (QED) is 0.913. The van der Waals surface area contributed by atoms with Crippen LogP contribution in [-0.4, -0.2) is 30.3 Å². The zero-order chi connectivity index (χ0) is 14.5. The summed E-state index contributed by atoms with van der Waals surface area (Å²) in [5.41, 5.74) is 1.16. The van der Waals surface area contributed by atoms with Crippen molar-refractivity contribution in [2.45, 2.75) is 25.7 Å². The van der Waals surface area contributed by atoms with Crippen LogP contribution in [0, 0.1) is 5.92 Å². The first-order valence-electron chi connectivity index (χ1n) is 7.48. The molecule has 112 valence electrons. The van der Waals surface area contributed by atoms with Gasteiger partial charge in [0.1, 0.15) is 5.75 Å². The monoisotopic (exact) mass is 287 g/mol. The summed E-state index contributed by atoms with van der Waals surface area (Å²) >= 11 is 0. The lowest BCUT2D eigenvalue weighted by Gasteiger charge is -2.20. The van der Waals surface area contributed by atoms with Gasteiger partial charge in [-0.15, -0.1) is 0 Å². The Hall–Kier alpha value is -1.88. The molecule has 1 saturated heterocycles. The summed E-state index contributed by atoms with van der Waals surface area (Å²) in [5.74, 6) is 2.98. The maximum atomic E-state index is 5.37. The van der Waals surface area contributed by atoms with E-state index in [1.165, 1.54) is 12.8 Å². The van der Waals surface area contributed by atoms with Crippen molar-refractivity contribution in [3.05, 3.63) is 41.5 Å². The first-order valence-corrected chi connectivity index (χ1v) is 7.48. The SMILES string of the molecule is COc1ccc(Cc2noc(CC3CCCNC3)n2)cc1. The Morgan fingerprint density at radius 1 is 1.33 bits per heavy atom. The lowest BCUT2D eigenvalue weighted by molar-refractivity contribution is 0.314. The molecule has 2 heterocycles. The first kappa shape index (κ1) is 14.1. The average molecular weight is 287 g/mol. The Morgan fingerprint density at radius 3 is 2.90 bits per heavy atom. The third kappa shape index (κ3) is 3.82. The van der Waals surface area contributed by atoms with Gasteiger partial charge in [0, 0.05) is 12.8 Å². The molecule has 1 atom stereocenters. The summed E-state index contributed by atoms with van der Waals surface area (Å²) in [6.07, 6.45) is 4.04. The lowest BCUT2D eigenvalue weighted by Crippen LogP contribution is -2.30. The van der Waals surface area contributed by atoms with Crippen molar-refractivity contribution in [3.8, 4) is 5.75 Å². The number of aromatic nitrogens is 2. The normalized spacial score (nSPS) is 18.6. The van der Waals surface area contributed by atoms with E-state index in [4.69, 9.17) is 9.26 Å². The highest BCUT2D eigenvalue weighted by molar-refractivity contribution is 5.28. The Labute approximate surface area is 124 Å².